The minimum absolute atomic E-state index is 0.257. The molecule has 7 nitrogen and oxygen atoms in total. The number of unbranched alkanes of at least 4 members (excludes halogenated alkanes) is 14. The SMILES string of the molecule is CCCCCCCCCCCCCCCCCC(=O)N1CCCCC1CCON(C=O)CCCN(C)C.c1ccncc1. The van der Waals surface area contributed by atoms with Gasteiger partial charge in [0, 0.05) is 37.9 Å². The number of piperidine rings is 1. The number of likely N-dealkylation sites (tertiary alicyclic amines) is 1. The van der Waals surface area contributed by atoms with E-state index in [4.69, 9.17) is 4.84 Å². The molecule has 1 fully saturated rings. The molecule has 0 N–H and O–H groups in total. The van der Waals surface area contributed by atoms with Gasteiger partial charge in [0.25, 0.3) is 0 Å². The summed E-state index contributed by atoms with van der Waals surface area (Å²) in [7, 11) is 4.06. The monoisotopic (exact) mass is 603 g/mol. The topological polar surface area (TPSA) is 66.0 Å². The second-order valence-corrected chi connectivity index (χ2v) is 12.5. The fraction of sp³-hybridized carbons (Fsp3) is 0.806. The van der Waals surface area contributed by atoms with Crippen LogP contribution in [0.4, 0.5) is 0 Å². The summed E-state index contributed by atoms with van der Waals surface area (Å²) < 4.78 is 0. The Hall–Kier alpha value is -1.99. The quantitative estimate of drug-likeness (QED) is 0.0638. The van der Waals surface area contributed by atoms with Gasteiger partial charge in [0.15, 0.2) is 0 Å². The lowest BCUT2D eigenvalue weighted by molar-refractivity contribution is -0.175. The molecule has 0 spiro atoms. The van der Waals surface area contributed by atoms with Gasteiger partial charge in [0.1, 0.15) is 0 Å². The number of carbonyl (C=O) groups excluding carboxylic acids is 2. The van der Waals surface area contributed by atoms with E-state index in [1.807, 2.05) is 32.3 Å². The van der Waals surface area contributed by atoms with E-state index in [0.717, 1.165) is 51.6 Å². The summed E-state index contributed by atoms with van der Waals surface area (Å²) in [5.74, 6) is 0.317. The molecule has 1 saturated heterocycles. The smallest absolute Gasteiger partial charge is 0.233 e. The van der Waals surface area contributed by atoms with E-state index in [9.17, 15) is 9.59 Å². The van der Waals surface area contributed by atoms with Crippen LogP contribution < -0.4 is 0 Å². The van der Waals surface area contributed by atoms with Gasteiger partial charge < -0.3 is 9.80 Å². The molecule has 1 aliphatic heterocycles. The minimum atomic E-state index is 0.257. The maximum atomic E-state index is 12.9. The second kappa shape index (κ2) is 28.8. The van der Waals surface area contributed by atoms with Crippen molar-refractivity contribution in [2.75, 3.05) is 40.3 Å². The highest BCUT2D eigenvalue weighted by molar-refractivity contribution is 5.76. The van der Waals surface area contributed by atoms with E-state index in [1.54, 1.807) is 12.4 Å². The van der Waals surface area contributed by atoms with E-state index >= 15 is 0 Å². The lowest BCUT2D eigenvalue weighted by Crippen LogP contribution is -2.44. The van der Waals surface area contributed by atoms with Crippen LogP contribution in [0.5, 0.6) is 0 Å². The predicted molar refractivity (Wildman–Crippen MR) is 180 cm³/mol. The Bertz CT molecular complexity index is 723. The van der Waals surface area contributed by atoms with Crippen molar-refractivity contribution in [3.8, 4) is 0 Å². The molecule has 7 heteroatoms. The molecule has 1 atom stereocenters. The van der Waals surface area contributed by atoms with E-state index in [2.05, 4.69) is 21.7 Å². The number of amides is 2. The van der Waals surface area contributed by atoms with Crippen molar-refractivity contribution in [2.24, 2.45) is 0 Å². The van der Waals surface area contributed by atoms with Gasteiger partial charge in [-0.25, -0.2) is 5.06 Å². The van der Waals surface area contributed by atoms with Crippen LogP contribution in [0.15, 0.2) is 30.6 Å². The largest absolute Gasteiger partial charge is 0.340 e. The first-order valence-corrected chi connectivity index (χ1v) is 17.7. The molecule has 2 heterocycles. The Morgan fingerprint density at radius 1 is 0.814 bits per heavy atom. The fourth-order valence-electron chi connectivity index (χ4n) is 5.73. The van der Waals surface area contributed by atoms with Crippen LogP contribution in [0.25, 0.3) is 0 Å². The maximum Gasteiger partial charge on any atom is 0.233 e. The van der Waals surface area contributed by atoms with Crippen molar-refractivity contribution < 1.29 is 14.4 Å². The first-order valence-electron chi connectivity index (χ1n) is 17.7. The third kappa shape index (κ3) is 23.1. The average molecular weight is 603 g/mol. The van der Waals surface area contributed by atoms with Gasteiger partial charge in [-0.15, -0.1) is 0 Å². The average Bonchev–Trinajstić information content (AvgIpc) is 3.03. The molecule has 0 saturated carbocycles. The first-order chi connectivity index (χ1) is 21.1. The van der Waals surface area contributed by atoms with Gasteiger partial charge in [-0.1, -0.05) is 103 Å². The zero-order valence-corrected chi connectivity index (χ0v) is 28.2. The Balaban J connectivity index is 0.00000136. The summed E-state index contributed by atoms with van der Waals surface area (Å²) in [6.45, 7) is 5.19. The number of pyridine rings is 1. The number of hydrogen-bond donors (Lipinski definition) is 0. The van der Waals surface area contributed by atoms with Gasteiger partial charge in [-0.3, -0.25) is 19.4 Å². The summed E-state index contributed by atoms with van der Waals surface area (Å²) >= 11 is 0. The zero-order valence-electron chi connectivity index (χ0n) is 28.2. The number of nitrogens with zero attached hydrogens (tertiary/aromatic N) is 4. The summed E-state index contributed by atoms with van der Waals surface area (Å²) in [6.07, 6.45) is 30.2. The van der Waals surface area contributed by atoms with Crippen LogP contribution in [-0.2, 0) is 14.4 Å². The Labute approximate surface area is 265 Å². The van der Waals surface area contributed by atoms with Gasteiger partial charge in [0.05, 0.1) is 6.61 Å². The molecule has 2 rings (SSSR count). The fourth-order valence-corrected chi connectivity index (χ4v) is 5.73. The van der Waals surface area contributed by atoms with Gasteiger partial charge >= 0.3 is 0 Å². The molecule has 1 unspecified atom stereocenters. The van der Waals surface area contributed by atoms with E-state index < -0.39 is 0 Å². The highest BCUT2D eigenvalue weighted by atomic mass is 16.7. The molecule has 0 aromatic carbocycles. The van der Waals surface area contributed by atoms with Crippen LogP contribution in [0.3, 0.4) is 0 Å². The predicted octanol–water partition coefficient (Wildman–Crippen LogP) is 8.44. The van der Waals surface area contributed by atoms with E-state index in [0.29, 0.717) is 25.5 Å². The first kappa shape index (κ1) is 39.0. The van der Waals surface area contributed by atoms with Crippen molar-refractivity contribution in [3.63, 3.8) is 0 Å². The molecule has 0 radical (unpaired) electrons. The molecule has 0 bridgehead atoms. The van der Waals surface area contributed by atoms with Crippen LogP contribution in [0, 0.1) is 0 Å². The van der Waals surface area contributed by atoms with Crippen LogP contribution in [0.2, 0.25) is 0 Å². The van der Waals surface area contributed by atoms with Crippen molar-refractivity contribution in [2.45, 2.75) is 148 Å². The zero-order chi connectivity index (χ0) is 31.2. The van der Waals surface area contributed by atoms with Crippen LogP contribution in [-0.4, -0.2) is 78.5 Å². The Morgan fingerprint density at radius 3 is 1.88 bits per heavy atom. The second-order valence-electron chi connectivity index (χ2n) is 12.5. The Morgan fingerprint density at radius 2 is 1.40 bits per heavy atom. The third-order valence-corrected chi connectivity index (χ3v) is 8.32. The standard InChI is InChI=1S/C31H61N3O3.C5H5N/c1-4-5-6-7-8-9-10-11-12-13-14-15-16-17-18-23-31(36)34-27-20-19-22-30(34)24-28-37-33(29-35)26-21-25-32(2)3;1-2-4-6-5-3-1/h29-30H,4-28H2,1-3H3;1-5H. The highest BCUT2D eigenvalue weighted by Gasteiger charge is 2.26. The van der Waals surface area contributed by atoms with Crippen molar-refractivity contribution in [3.05, 3.63) is 30.6 Å². The molecule has 1 aliphatic rings. The molecule has 2 amide bonds. The van der Waals surface area contributed by atoms with Gasteiger partial charge in [-0.2, -0.15) is 0 Å². The van der Waals surface area contributed by atoms with Gasteiger partial charge in [-0.05, 0) is 71.3 Å². The summed E-state index contributed by atoms with van der Waals surface area (Å²) in [6, 6.07) is 5.97. The highest BCUT2D eigenvalue weighted by Crippen LogP contribution is 2.22. The summed E-state index contributed by atoms with van der Waals surface area (Å²) in [4.78, 5) is 37.9. The number of carbonyl (C=O) groups is 2. The Kier molecular flexibility index (Phi) is 26.1. The molecule has 1 aromatic rings. The van der Waals surface area contributed by atoms with Crippen LogP contribution >= 0.6 is 0 Å². The number of hydrogen-bond acceptors (Lipinski definition) is 5. The summed E-state index contributed by atoms with van der Waals surface area (Å²) in [5.41, 5.74) is 0. The molecule has 0 aliphatic carbocycles. The molecule has 248 valence electrons. The van der Waals surface area contributed by atoms with Crippen LogP contribution in [0.1, 0.15) is 142 Å². The molecule has 1 aromatic heterocycles. The normalized spacial score (nSPS) is 14.8. The molecular weight excluding hydrogens is 536 g/mol. The van der Waals surface area contributed by atoms with Crippen molar-refractivity contribution in [1.82, 2.24) is 19.8 Å². The minimum Gasteiger partial charge on any atom is -0.340 e. The van der Waals surface area contributed by atoms with Crippen molar-refractivity contribution in [1.29, 1.82) is 0 Å². The third-order valence-electron chi connectivity index (χ3n) is 8.32. The van der Waals surface area contributed by atoms with Crippen molar-refractivity contribution >= 4 is 12.3 Å². The van der Waals surface area contributed by atoms with Gasteiger partial charge in [0.2, 0.25) is 12.3 Å². The van der Waals surface area contributed by atoms with E-state index in [1.165, 1.54) is 101 Å². The molecule has 43 heavy (non-hydrogen) atoms. The van der Waals surface area contributed by atoms with E-state index in [-0.39, 0.29) is 6.04 Å². The number of hydroxylamine groups is 2. The number of rotatable bonds is 25. The lowest BCUT2D eigenvalue weighted by Gasteiger charge is -2.36. The summed E-state index contributed by atoms with van der Waals surface area (Å²) in [5, 5.41) is 1.41. The number of aromatic nitrogens is 1. The molecular formula is C36H66N4O3. The maximum absolute atomic E-state index is 12.9. The lowest BCUT2D eigenvalue weighted by atomic mass is 9.98.